The van der Waals surface area contributed by atoms with Crippen LogP contribution in [0.5, 0.6) is 0 Å². The number of rotatable bonds is 4. The van der Waals surface area contributed by atoms with E-state index in [0.717, 1.165) is 35.1 Å². The zero-order valence-corrected chi connectivity index (χ0v) is 13.9. The molecule has 116 valence electrons. The van der Waals surface area contributed by atoms with Crippen molar-refractivity contribution in [2.75, 3.05) is 20.1 Å². The van der Waals surface area contributed by atoms with E-state index < -0.39 is 0 Å². The summed E-state index contributed by atoms with van der Waals surface area (Å²) >= 11 is 6.09. The summed E-state index contributed by atoms with van der Waals surface area (Å²) in [6, 6.07) is 0. The van der Waals surface area contributed by atoms with Crippen LogP contribution < -0.4 is 0 Å². The fourth-order valence-corrected chi connectivity index (χ4v) is 3.58. The summed E-state index contributed by atoms with van der Waals surface area (Å²) < 4.78 is 4.20. The molecule has 0 saturated carbocycles. The van der Waals surface area contributed by atoms with E-state index in [1.54, 1.807) is 0 Å². The van der Waals surface area contributed by atoms with E-state index in [9.17, 15) is 0 Å². The first-order valence-electron chi connectivity index (χ1n) is 7.73. The van der Waals surface area contributed by atoms with Crippen molar-refractivity contribution in [3.8, 4) is 0 Å². The summed E-state index contributed by atoms with van der Waals surface area (Å²) in [5.41, 5.74) is 3.09. The van der Waals surface area contributed by atoms with E-state index in [1.807, 2.05) is 18.7 Å². The van der Waals surface area contributed by atoms with E-state index in [2.05, 4.69) is 26.6 Å². The molecule has 2 aromatic rings. The smallest absolute Gasteiger partial charge is 0.158 e. The zero-order chi connectivity index (χ0) is 15.0. The van der Waals surface area contributed by atoms with Gasteiger partial charge in [0.05, 0.1) is 11.6 Å². The number of halogens is 1. The third-order valence-corrected chi connectivity index (χ3v) is 4.93. The third kappa shape index (κ3) is 2.81. The number of alkyl halides is 1. The highest BCUT2D eigenvalue weighted by Crippen LogP contribution is 2.24. The number of aryl methyl sites for hydroxylation is 3. The van der Waals surface area contributed by atoms with E-state index >= 15 is 0 Å². The van der Waals surface area contributed by atoms with Gasteiger partial charge in [0, 0.05) is 13.6 Å². The topological polar surface area (TPSA) is 38.9 Å². The minimum absolute atomic E-state index is 0.460. The van der Waals surface area contributed by atoms with Gasteiger partial charge in [-0.1, -0.05) is 0 Å². The van der Waals surface area contributed by atoms with Crippen LogP contribution >= 0.6 is 11.6 Å². The lowest BCUT2D eigenvalue weighted by Gasteiger charge is -2.29. The van der Waals surface area contributed by atoms with Crippen LogP contribution in [0.4, 0.5) is 0 Å². The molecule has 1 fully saturated rings. The first-order chi connectivity index (χ1) is 10.1. The van der Waals surface area contributed by atoms with Crippen LogP contribution in [0.3, 0.4) is 0 Å². The highest BCUT2D eigenvalue weighted by atomic mass is 35.5. The summed E-state index contributed by atoms with van der Waals surface area (Å²) in [6.45, 7) is 5.44. The SMILES string of the molecule is Cc1nn(C)c2c1nc(CCl)n2CCC1CCN(C)CC1. The van der Waals surface area contributed by atoms with Crippen molar-refractivity contribution in [2.24, 2.45) is 13.0 Å². The number of aromatic nitrogens is 4. The monoisotopic (exact) mass is 309 g/mol. The number of likely N-dealkylation sites (tertiary alicyclic amines) is 1. The van der Waals surface area contributed by atoms with Gasteiger partial charge < -0.3 is 9.47 Å². The zero-order valence-electron chi connectivity index (χ0n) is 13.1. The van der Waals surface area contributed by atoms with Gasteiger partial charge in [0.2, 0.25) is 0 Å². The first kappa shape index (κ1) is 14.9. The summed E-state index contributed by atoms with van der Waals surface area (Å²) in [4.78, 5) is 7.08. The fraction of sp³-hybridized carbons (Fsp3) is 0.733. The van der Waals surface area contributed by atoms with Crippen LogP contribution in [-0.4, -0.2) is 44.4 Å². The van der Waals surface area contributed by atoms with E-state index in [-0.39, 0.29) is 0 Å². The minimum Gasteiger partial charge on any atom is -0.312 e. The van der Waals surface area contributed by atoms with Gasteiger partial charge in [-0.3, -0.25) is 4.68 Å². The lowest BCUT2D eigenvalue weighted by atomic mass is 9.94. The molecule has 0 atom stereocenters. The number of hydrogen-bond acceptors (Lipinski definition) is 3. The van der Waals surface area contributed by atoms with Gasteiger partial charge in [-0.15, -0.1) is 11.6 Å². The molecule has 1 aliphatic rings. The van der Waals surface area contributed by atoms with Crippen molar-refractivity contribution >= 4 is 22.8 Å². The lowest BCUT2D eigenvalue weighted by Crippen LogP contribution is -2.30. The van der Waals surface area contributed by atoms with Crippen molar-refractivity contribution in [1.82, 2.24) is 24.2 Å². The Bertz CT molecular complexity index is 622. The quantitative estimate of drug-likeness (QED) is 0.815. The van der Waals surface area contributed by atoms with Crippen molar-refractivity contribution in [3.05, 3.63) is 11.5 Å². The maximum absolute atomic E-state index is 6.09. The Labute approximate surface area is 130 Å². The number of hydrogen-bond donors (Lipinski definition) is 0. The van der Waals surface area contributed by atoms with Gasteiger partial charge in [0.1, 0.15) is 11.3 Å². The molecule has 0 radical (unpaired) electrons. The largest absolute Gasteiger partial charge is 0.312 e. The molecule has 0 amide bonds. The first-order valence-corrected chi connectivity index (χ1v) is 8.26. The van der Waals surface area contributed by atoms with Crippen LogP contribution in [-0.2, 0) is 19.5 Å². The molecule has 1 saturated heterocycles. The van der Waals surface area contributed by atoms with E-state index in [1.165, 1.54) is 32.4 Å². The summed E-state index contributed by atoms with van der Waals surface area (Å²) in [5.74, 6) is 2.24. The van der Waals surface area contributed by atoms with E-state index in [4.69, 9.17) is 11.6 Å². The Morgan fingerprint density at radius 2 is 1.95 bits per heavy atom. The summed E-state index contributed by atoms with van der Waals surface area (Å²) in [7, 11) is 4.20. The Morgan fingerprint density at radius 3 is 2.62 bits per heavy atom. The standard InChI is InChI=1S/C15H24ClN5/c1-11-14-15(20(3)18-11)21(13(10-16)17-14)9-6-12-4-7-19(2)8-5-12/h12H,4-10H2,1-3H3. The molecule has 0 unspecified atom stereocenters. The minimum atomic E-state index is 0.460. The van der Waals surface area contributed by atoms with Crippen LogP contribution in [0.2, 0.25) is 0 Å². The highest BCUT2D eigenvalue weighted by molar-refractivity contribution is 6.16. The van der Waals surface area contributed by atoms with Gasteiger partial charge in [-0.2, -0.15) is 5.10 Å². The van der Waals surface area contributed by atoms with Crippen molar-refractivity contribution in [3.63, 3.8) is 0 Å². The molecule has 3 heterocycles. The van der Waals surface area contributed by atoms with Crippen molar-refractivity contribution in [2.45, 2.75) is 38.6 Å². The van der Waals surface area contributed by atoms with Crippen molar-refractivity contribution in [1.29, 1.82) is 0 Å². The molecule has 0 bridgehead atoms. The fourth-order valence-electron chi connectivity index (χ4n) is 3.38. The molecule has 1 aliphatic heterocycles. The second-order valence-corrected chi connectivity index (χ2v) is 6.50. The number of fused-ring (bicyclic) bond motifs is 1. The molecule has 5 nitrogen and oxygen atoms in total. The average molecular weight is 310 g/mol. The summed E-state index contributed by atoms with van der Waals surface area (Å²) in [6.07, 6.45) is 3.80. The number of nitrogens with zero attached hydrogens (tertiary/aromatic N) is 5. The number of imidazole rings is 1. The van der Waals surface area contributed by atoms with Crippen LogP contribution in [0.1, 0.15) is 30.8 Å². The normalized spacial score (nSPS) is 17.9. The van der Waals surface area contributed by atoms with Gasteiger partial charge >= 0.3 is 0 Å². The molecule has 2 aromatic heterocycles. The predicted octanol–water partition coefficient (Wildman–Crippen LogP) is 2.55. The van der Waals surface area contributed by atoms with Crippen LogP contribution in [0.15, 0.2) is 0 Å². The molecule has 0 aliphatic carbocycles. The molecule has 0 spiro atoms. The Hall–Kier alpha value is -1.07. The van der Waals surface area contributed by atoms with Gasteiger partial charge in [0.25, 0.3) is 0 Å². The van der Waals surface area contributed by atoms with Gasteiger partial charge in [-0.25, -0.2) is 4.98 Å². The molecular weight excluding hydrogens is 286 g/mol. The van der Waals surface area contributed by atoms with Crippen molar-refractivity contribution < 1.29 is 0 Å². The Morgan fingerprint density at radius 1 is 1.24 bits per heavy atom. The summed E-state index contributed by atoms with van der Waals surface area (Å²) in [5, 5.41) is 4.47. The third-order valence-electron chi connectivity index (χ3n) is 4.69. The second kappa shape index (κ2) is 5.97. The molecule has 0 N–H and O–H groups in total. The maximum Gasteiger partial charge on any atom is 0.158 e. The molecule has 3 rings (SSSR count). The second-order valence-electron chi connectivity index (χ2n) is 6.23. The molecular formula is C15H24ClN5. The Balaban J connectivity index is 1.79. The predicted molar refractivity (Wildman–Crippen MR) is 85.6 cm³/mol. The molecule has 0 aromatic carbocycles. The maximum atomic E-state index is 6.09. The average Bonchev–Trinajstić information content (AvgIpc) is 2.97. The van der Waals surface area contributed by atoms with E-state index in [0.29, 0.717) is 5.88 Å². The number of piperidine rings is 1. The van der Waals surface area contributed by atoms with Crippen LogP contribution in [0.25, 0.3) is 11.2 Å². The highest BCUT2D eigenvalue weighted by Gasteiger charge is 2.20. The molecule has 21 heavy (non-hydrogen) atoms. The Kier molecular flexibility index (Phi) is 4.22. The van der Waals surface area contributed by atoms with Crippen LogP contribution in [0, 0.1) is 12.8 Å². The van der Waals surface area contributed by atoms with Gasteiger partial charge in [0.15, 0.2) is 5.65 Å². The molecule has 6 heteroatoms. The van der Waals surface area contributed by atoms with Gasteiger partial charge in [-0.05, 0) is 52.2 Å². The lowest BCUT2D eigenvalue weighted by molar-refractivity contribution is 0.208.